The van der Waals surface area contributed by atoms with E-state index in [1.807, 2.05) is 0 Å². The summed E-state index contributed by atoms with van der Waals surface area (Å²) in [5.41, 5.74) is 0. The van der Waals surface area contributed by atoms with E-state index in [1.54, 1.807) is 0 Å². The highest BCUT2D eigenvalue weighted by molar-refractivity contribution is 14.2. The largest absolute Gasteiger partial charge is 0.346 e. The average molecular weight is 366 g/mol. The van der Waals surface area contributed by atoms with E-state index in [2.05, 4.69) is 36.6 Å². The van der Waals surface area contributed by atoms with E-state index in [4.69, 9.17) is 22.4 Å². The lowest BCUT2D eigenvalue weighted by Gasteiger charge is -1.91. The molecule has 1 nitrogen and oxygen atoms in total. The topological polar surface area (TPSA) is 12.4 Å². The van der Waals surface area contributed by atoms with Crippen LogP contribution in [-0.2, 0) is 56.3 Å². The fraction of sp³-hybridized carbons (Fsp3) is 0. The van der Waals surface area contributed by atoms with Gasteiger partial charge in [-0.05, 0) is 22.4 Å². The number of thiol groups is 1. The molecule has 0 aliphatic heterocycles. The summed E-state index contributed by atoms with van der Waals surface area (Å²) < 4.78 is 2.37. The highest BCUT2D eigenvalue weighted by Gasteiger charge is 1.81. The minimum absolute atomic E-state index is 0.553. The second-order valence-corrected chi connectivity index (χ2v) is 23.6. The highest BCUT2D eigenvalue weighted by Crippen LogP contribution is 2.18. The first kappa shape index (κ1) is 11.5. The van der Waals surface area contributed by atoms with Crippen molar-refractivity contribution in [1.29, 1.82) is 0 Å². The molecule has 0 atom stereocenters. The molecule has 0 saturated heterocycles. The van der Waals surface area contributed by atoms with E-state index in [1.165, 1.54) is 0 Å². The minimum Gasteiger partial charge on any atom is -0.346 e. The molecule has 0 aromatic rings. The highest BCUT2D eigenvalue weighted by atomic mass is 127. The Morgan fingerprint density at radius 2 is 1.89 bits per heavy atom. The quantitative estimate of drug-likeness (QED) is 0.261. The third-order valence-corrected chi connectivity index (χ3v) is 10.4. The molecule has 0 radical (unpaired) electrons. The second kappa shape index (κ2) is 5.17. The minimum atomic E-state index is -1.54. The summed E-state index contributed by atoms with van der Waals surface area (Å²) in [6.45, 7) is 0. The number of hydrogen-bond acceptors (Lipinski definition) is 5. The van der Waals surface area contributed by atoms with Crippen LogP contribution in [0.1, 0.15) is 0 Å². The summed E-state index contributed by atoms with van der Waals surface area (Å²) in [6, 6.07) is 0. The van der Waals surface area contributed by atoms with Gasteiger partial charge in [0.1, 0.15) is 0 Å². The van der Waals surface area contributed by atoms with Gasteiger partial charge in [0.2, 0.25) is 0 Å². The van der Waals surface area contributed by atoms with Gasteiger partial charge in [0, 0.05) is 3.35 Å². The zero-order valence-electron chi connectivity index (χ0n) is 3.72. The molecule has 0 amide bonds. The van der Waals surface area contributed by atoms with Crippen molar-refractivity contribution in [2.45, 2.75) is 0 Å². The van der Waals surface area contributed by atoms with E-state index >= 15 is 0 Å². The molecule has 0 heterocycles. The van der Waals surface area contributed by atoms with Crippen molar-refractivity contribution in [3.63, 3.8) is 0 Å². The predicted octanol–water partition coefficient (Wildman–Crippen LogP) is 1.44. The lowest BCUT2D eigenvalue weighted by molar-refractivity contribution is 2.18. The van der Waals surface area contributed by atoms with Crippen LogP contribution in [0.5, 0.6) is 0 Å². The molecule has 0 fully saturated rings. The Hall–Kier alpha value is 2.46. The van der Waals surface area contributed by atoms with Gasteiger partial charge in [-0.15, -0.1) is 0 Å². The molecule has 0 N–H and O–H groups in total. The fourth-order valence-corrected chi connectivity index (χ4v) is 10.6. The van der Waals surface area contributed by atoms with Crippen molar-refractivity contribution in [3.05, 3.63) is 0 Å². The predicted molar refractivity (Wildman–Crippen MR) is 69.6 cm³/mol. The monoisotopic (exact) mass is 366 g/mol. The summed E-state index contributed by atoms with van der Waals surface area (Å²) in [6.07, 6.45) is 0. The summed E-state index contributed by atoms with van der Waals surface area (Å²) >= 11 is 22.4. The third kappa shape index (κ3) is 10.5. The number of halogens is 1. The van der Waals surface area contributed by atoms with Crippen LogP contribution in [0.25, 0.3) is 0 Å². The van der Waals surface area contributed by atoms with Crippen molar-refractivity contribution >= 4 is 87.6 Å². The maximum Gasteiger partial charge on any atom is 0.0562 e. The van der Waals surface area contributed by atoms with Gasteiger partial charge in [0.05, 0.1) is 19.6 Å². The van der Waals surface area contributed by atoms with Gasteiger partial charge in [-0.25, -0.2) is 30.6 Å². The van der Waals surface area contributed by atoms with Crippen molar-refractivity contribution < 1.29 is 0 Å². The van der Waals surface area contributed by atoms with E-state index in [9.17, 15) is 0 Å². The lowest BCUT2D eigenvalue weighted by atomic mass is 13.9. The molecule has 0 aliphatic rings. The molecule has 56 valence electrons. The summed E-state index contributed by atoms with van der Waals surface area (Å²) in [5, 5.41) is 0. The van der Waals surface area contributed by atoms with Crippen molar-refractivity contribution in [1.82, 2.24) is 0 Å². The Balaban J connectivity index is 4.39. The Labute approximate surface area is 88.6 Å². The van der Waals surface area contributed by atoms with Crippen molar-refractivity contribution in [2.24, 2.45) is 2.55 Å². The van der Waals surface area contributed by atoms with Gasteiger partial charge >= 0.3 is 0 Å². The van der Waals surface area contributed by atoms with E-state index in [-0.39, 0.29) is 0 Å². The second-order valence-electron chi connectivity index (χ2n) is 0.767. The maximum absolute atomic E-state index is 4.83. The Morgan fingerprint density at radius 3 is 2.00 bits per heavy atom. The summed E-state index contributed by atoms with van der Waals surface area (Å²) in [4.78, 5) is 0. The molecular formula is HINS7-. The van der Waals surface area contributed by atoms with Crippen LogP contribution >= 0.6 is 31.3 Å². The smallest absolute Gasteiger partial charge is 0.0562 e. The molecule has 9 heavy (non-hydrogen) atoms. The Kier molecular flexibility index (Phi) is 6.58. The molecule has 0 unspecified atom stereocenters. The van der Waals surface area contributed by atoms with Crippen LogP contribution in [0.3, 0.4) is 0 Å². The van der Waals surface area contributed by atoms with Crippen LogP contribution in [0, 0.1) is 0 Å². The molecule has 0 rings (SSSR count). The molecule has 9 heteroatoms. The Bertz CT molecular complexity index is 255. The first-order chi connectivity index (χ1) is 3.92. The molecule has 0 aromatic heterocycles. The van der Waals surface area contributed by atoms with E-state index in [0.29, 0.717) is 0 Å². The van der Waals surface area contributed by atoms with Crippen molar-refractivity contribution in [3.8, 4) is 0 Å². The fourth-order valence-electron chi connectivity index (χ4n) is 0.0586. The van der Waals surface area contributed by atoms with Gasteiger partial charge in [-0.3, -0.25) is 0 Å². The summed E-state index contributed by atoms with van der Waals surface area (Å²) in [7, 11) is -0.683. The van der Waals surface area contributed by atoms with Gasteiger partial charge in [0.15, 0.2) is 0 Å². The number of nitrogens with zero attached hydrogens (tertiary/aromatic N) is 1. The lowest BCUT2D eigenvalue weighted by Crippen LogP contribution is -1.61. The average Bonchev–Trinajstić information content (AvgIpc) is 1.59. The van der Waals surface area contributed by atoms with Crippen molar-refractivity contribution in [2.75, 3.05) is 0 Å². The first-order valence-corrected chi connectivity index (χ1v) is 12.4. The summed E-state index contributed by atoms with van der Waals surface area (Å²) in [5.74, 6) is 0. The zero-order chi connectivity index (χ0) is 7.49. The molecule has 0 bridgehead atoms. The van der Waals surface area contributed by atoms with Crippen LogP contribution in [-0.4, -0.2) is 0 Å². The zero-order valence-corrected chi connectivity index (χ0v) is 11.7. The van der Waals surface area contributed by atoms with Gasteiger partial charge in [-0.2, -0.15) is 0 Å². The van der Waals surface area contributed by atoms with E-state index < -0.39 is 31.2 Å². The van der Waals surface area contributed by atoms with Crippen LogP contribution < -0.4 is 0 Å². The molecule has 0 saturated carbocycles. The third-order valence-electron chi connectivity index (χ3n) is 0.172. The molecular weight excluding hydrogens is 365 g/mol. The first-order valence-electron chi connectivity index (χ1n) is 1.36. The van der Waals surface area contributed by atoms with Gasteiger partial charge in [0.25, 0.3) is 0 Å². The molecule has 0 aliphatic carbocycles. The van der Waals surface area contributed by atoms with Gasteiger partial charge in [-0.1, -0.05) is 11.7 Å². The molecule has 0 spiro atoms. The van der Waals surface area contributed by atoms with Crippen LogP contribution in [0.4, 0.5) is 0 Å². The van der Waals surface area contributed by atoms with Gasteiger partial charge < -0.3 is 2.55 Å². The van der Waals surface area contributed by atoms with E-state index in [0.717, 1.165) is 0 Å². The standard InChI is InChI=1S/HINS7/c3-8(4)2-1-9(5,6)7/h(H,5,6,7)/q-1. The van der Waals surface area contributed by atoms with Crippen LogP contribution in [0.2, 0.25) is 0 Å². The normalized spacial score (nSPS) is 14.0. The number of rotatable bonds is 2. The number of hydrogen-bond donors (Lipinski definition) is 1. The maximum atomic E-state index is 4.83. The SMILES string of the molecule is S=[S-](=S)N=IS(=S)(=S)S. The molecule has 0 aromatic carbocycles. The van der Waals surface area contributed by atoms with Crippen LogP contribution in [0.15, 0.2) is 2.55 Å². The Morgan fingerprint density at radius 1 is 1.44 bits per heavy atom.